The summed E-state index contributed by atoms with van der Waals surface area (Å²) >= 11 is 0. The van der Waals surface area contributed by atoms with E-state index in [1.54, 1.807) is 11.1 Å². The molecular weight excluding hydrogens is 268 g/mol. The van der Waals surface area contributed by atoms with Gasteiger partial charge in [-0.25, -0.2) is 0 Å². The zero-order chi connectivity index (χ0) is 15.2. The Bertz CT molecular complexity index is 697. The van der Waals surface area contributed by atoms with Crippen LogP contribution in [-0.4, -0.2) is 13.1 Å². The topological polar surface area (TPSA) is 29.3 Å². The predicted octanol–water partition coefficient (Wildman–Crippen LogP) is 4.06. The zero-order valence-corrected chi connectivity index (χ0v) is 13.3. The molecule has 22 heavy (non-hydrogen) atoms. The molecule has 0 amide bonds. The largest absolute Gasteiger partial charge is 0.399 e. The second-order valence-corrected chi connectivity index (χ2v) is 6.97. The molecule has 1 saturated heterocycles. The number of nitrogen functional groups attached to an aromatic ring is 1. The van der Waals surface area contributed by atoms with Gasteiger partial charge in [-0.3, -0.25) is 0 Å². The minimum Gasteiger partial charge on any atom is -0.399 e. The van der Waals surface area contributed by atoms with Gasteiger partial charge in [-0.1, -0.05) is 24.3 Å². The molecule has 2 N–H and O–H groups in total. The van der Waals surface area contributed by atoms with Crippen LogP contribution < -0.4 is 10.6 Å². The van der Waals surface area contributed by atoms with Gasteiger partial charge in [0, 0.05) is 24.5 Å². The number of piperidine rings is 1. The number of hydrogen-bond donors (Lipinski definition) is 1. The first-order chi connectivity index (χ1) is 10.7. The van der Waals surface area contributed by atoms with Crippen LogP contribution in [-0.2, 0) is 11.8 Å². The number of hydrogen-bond acceptors (Lipinski definition) is 2. The van der Waals surface area contributed by atoms with E-state index in [1.165, 1.54) is 36.9 Å². The molecule has 0 unspecified atom stereocenters. The van der Waals surface area contributed by atoms with E-state index in [4.69, 9.17) is 5.73 Å². The average Bonchev–Trinajstić information content (AvgIpc) is 2.88. The molecule has 2 aliphatic rings. The Hall–Kier alpha value is -1.96. The van der Waals surface area contributed by atoms with Gasteiger partial charge in [0.05, 0.1) is 0 Å². The third kappa shape index (κ3) is 2.09. The summed E-state index contributed by atoms with van der Waals surface area (Å²) in [4.78, 5) is 2.54. The number of anilines is 2. The van der Waals surface area contributed by atoms with Crippen molar-refractivity contribution in [2.75, 3.05) is 23.7 Å². The van der Waals surface area contributed by atoms with Gasteiger partial charge >= 0.3 is 0 Å². The third-order valence-electron chi connectivity index (χ3n) is 5.74. The summed E-state index contributed by atoms with van der Waals surface area (Å²) in [6.07, 6.45) is 5.14. The fourth-order valence-corrected chi connectivity index (χ4v) is 4.49. The lowest BCUT2D eigenvalue weighted by atomic mass is 9.73. The second kappa shape index (κ2) is 5.05. The molecule has 1 fully saturated rings. The van der Waals surface area contributed by atoms with Crippen molar-refractivity contribution in [3.05, 3.63) is 59.2 Å². The Morgan fingerprint density at radius 1 is 1.00 bits per heavy atom. The molecule has 0 aromatic heterocycles. The van der Waals surface area contributed by atoms with Crippen molar-refractivity contribution in [2.45, 2.75) is 38.0 Å². The van der Waals surface area contributed by atoms with Crippen LogP contribution >= 0.6 is 0 Å². The van der Waals surface area contributed by atoms with Crippen LogP contribution in [0.3, 0.4) is 0 Å². The van der Waals surface area contributed by atoms with E-state index in [9.17, 15) is 0 Å². The molecule has 114 valence electrons. The lowest BCUT2D eigenvalue weighted by Crippen LogP contribution is -2.41. The molecule has 1 aliphatic heterocycles. The van der Waals surface area contributed by atoms with E-state index >= 15 is 0 Å². The van der Waals surface area contributed by atoms with Gasteiger partial charge in [-0.15, -0.1) is 0 Å². The fourth-order valence-electron chi connectivity index (χ4n) is 4.49. The van der Waals surface area contributed by atoms with Crippen LogP contribution in [0.2, 0.25) is 0 Å². The molecule has 2 nitrogen and oxygen atoms in total. The maximum atomic E-state index is 5.89. The second-order valence-electron chi connectivity index (χ2n) is 6.97. The molecule has 1 heterocycles. The number of benzene rings is 2. The van der Waals surface area contributed by atoms with Gasteiger partial charge in [0.25, 0.3) is 0 Å². The Balaban J connectivity index is 1.56. The van der Waals surface area contributed by atoms with Gasteiger partial charge in [0.15, 0.2) is 0 Å². The average molecular weight is 292 g/mol. The van der Waals surface area contributed by atoms with Crippen molar-refractivity contribution >= 4 is 11.4 Å². The lowest BCUT2D eigenvalue weighted by Gasteiger charge is -2.41. The third-order valence-corrected chi connectivity index (χ3v) is 5.74. The number of fused-ring (bicyclic) bond motifs is 2. The maximum Gasteiger partial charge on any atom is 0.0397 e. The normalized spacial score (nSPS) is 19.4. The molecule has 1 aliphatic carbocycles. The van der Waals surface area contributed by atoms with Crippen molar-refractivity contribution in [3.63, 3.8) is 0 Å². The van der Waals surface area contributed by atoms with E-state index in [1.807, 2.05) is 6.07 Å². The highest BCUT2D eigenvalue weighted by Gasteiger charge is 2.40. The van der Waals surface area contributed by atoms with Crippen molar-refractivity contribution < 1.29 is 0 Å². The first-order valence-corrected chi connectivity index (χ1v) is 8.37. The smallest absolute Gasteiger partial charge is 0.0397 e. The summed E-state index contributed by atoms with van der Waals surface area (Å²) in [7, 11) is 0. The molecule has 4 rings (SSSR count). The zero-order valence-electron chi connectivity index (χ0n) is 13.3. The minimum absolute atomic E-state index is 0.439. The van der Waals surface area contributed by atoms with E-state index in [0.717, 1.165) is 18.8 Å². The van der Waals surface area contributed by atoms with Crippen molar-refractivity contribution in [1.82, 2.24) is 0 Å². The van der Waals surface area contributed by atoms with Crippen LogP contribution in [0.1, 0.15) is 36.0 Å². The summed E-state index contributed by atoms with van der Waals surface area (Å²) in [5.41, 5.74) is 13.0. The highest BCUT2D eigenvalue weighted by Crippen LogP contribution is 2.46. The van der Waals surface area contributed by atoms with Gasteiger partial charge in [0.1, 0.15) is 0 Å². The van der Waals surface area contributed by atoms with Gasteiger partial charge in [-0.05, 0) is 72.9 Å². The van der Waals surface area contributed by atoms with Gasteiger partial charge in [0.2, 0.25) is 0 Å². The Morgan fingerprint density at radius 2 is 1.77 bits per heavy atom. The van der Waals surface area contributed by atoms with Crippen molar-refractivity contribution in [1.29, 1.82) is 0 Å². The highest BCUT2D eigenvalue weighted by atomic mass is 15.1. The van der Waals surface area contributed by atoms with E-state index in [2.05, 4.69) is 48.2 Å². The fraction of sp³-hybridized carbons (Fsp3) is 0.400. The molecule has 2 heteroatoms. The first kappa shape index (κ1) is 13.7. The van der Waals surface area contributed by atoms with E-state index in [-0.39, 0.29) is 0 Å². The highest BCUT2D eigenvalue weighted by molar-refractivity contribution is 5.59. The van der Waals surface area contributed by atoms with Crippen LogP contribution in [0, 0.1) is 6.92 Å². The Morgan fingerprint density at radius 3 is 2.55 bits per heavy atom. The van der Waals surface area contributed by atoms with Crippen molar-refractivity contribution in [3.8, 4) is 0 Å². The first-order valence-electron chi connectivity index (χ1n) is 8.37. The standard InChI is InChI=1S/C20H24N2/c1-15-14-17(21)6-7-19(15)22-12-10-20(11-13-22)9-8-16-4-2-3-5-18(16)20/h2-7,14H,8-13,21H2,1H3. The number of aryl methyl sites for hydroxylation is 2. The van der Waals surface area contributed by atoms with Gasteiger partial charge < -0.3 is 10.6 Å². The number of nitrogens with two attached hydrogens (primary N) is 1. The monoisotopic (exact) mass is 292 g/mol. The Labute approximate surface area is 132 Å². The quantitative estimate of drug-likeness (QED) is 0.803. The minimum atomic E-state index is 0.439. The summed E-state index contributed by atoms with van der Waals surface area (Å²) in [6, 6.07) is 15.4. The molecule has 1 spiro atoms. The van der Waals surface area contributed by atoms with E-state index in [0.29, 0.717) is 5.41 Å². The van der Waals surface area contributed by atoms with E-state index < -0.39 is 0 Å². The van der Waals surface area contributed by atoms with Crippen LogP contribution in [0.15, 0.2) is 42.5 Å². The summed E-state index contributed by atoms with van der Waals surface area (Å²) in [6.45, 7) is 4.47. The number of nitrogens with zero attached hydrogens (tertiary/aromatic N) is 1. The maximum absolute atomic E-state index is 5.89. The Kier molecular flexibility index (Phi) is 3.14. The van der Waals surface area contributed by atoms with Crippen LogP contribution in [0.4, 0.5) is 11.4 Å². The van der Waals surface area contributed by atoms with Gasteiger partial charge in [-0.2, -0.15) is 0 Å². The number of rotatable bonds is 1. The molecule has 2 aromatic carbocycles. The van der Waals surface area contributed by atoms with Crippen LogP contribution in [0.5, 0.6) is 0 Å². The molecule has 0 saturated carbocycles. The lowest BCUT2D eigenvalue weighted by molar-refractivity contribution is 0.330. The molecule has 2 aromatic rings. The SMILES string of the molecule is Cc1cc(N)ccc1N1CCC2(CCc3ccccc32)CC1. The summed E-state index contributed by atoms with van der Waals surface area (Å²) < 4.78 is 0. The van der Waals surface area contributed by atoms with Crippen molar-refractivity contribution in [2.24, 2.45) is 0 Å². The molecule has 0 bridgehead atoms. The van der Waals surface area contributed by atoms with Crippen LogP contribution in [0.25, 0.3) is 0 Å². The predicted molar refractivity (Wildman–Crippen MR) is 93.5 cm³/mol. The summed E-state index contributed by atoms with van der Waals surface area (Å²) in [5.74, 6) is 0. The molecule has 0 atom stereocenters. The molecular formula is C20H24N2. The summed E-state index contributed by atoms with van der Waals surface area (Å²) in [5, 5.41) is 0. The molecule has 0 radical (unpaired) electrons.